The molecule has 1 unspecified atom stereocenters. The molecule has 0 N–H and O–H groups in total. The first kappa shape index (κ1) is 22.6. The van der Waals surface area contributed by atoms with Crippen molar-refractivity contribution in [3.8, 4) is 0 Å². The molecule has 2 fully saturated rings. The lowest BCUT2D eigenvalue weighted by atomic mass is 10.1. The van der Waals surface area contributed by atoms with Gasteiger partial charge in [-0.1, -0.05) is 25.3 Å². The van der Waals surface area contributed by atoms with E-state index in [9.17, 15) is 9.59 Å². The third-order valence-corrected chi connectivity index (χ3v) is 6.88. The molecule has 0 aromatic carbocycles. The molecule has 3 amide bonds. The number of fused-ring (bicyclic) bond motifs is 1. The summed E-state index contributed by atoms with van der Waals surface area (Å²) in [6.45, 7) is 14.1. The minimum absolute atomic E-state index is 0.183. The summed E-state index contributed by atoms with van der Waals surface area (Å²) >= 11 is 0. The smallest absolute Gasteiger partial charge is 0.302 e. The number of nitrogens with zero attached hydrogens (tertiary/aromatic N) is 7. The molecule has 9 heteroatoms. The van der Waals surface area contributed by atoms with Gasteiger partial charge in [0.2, 0.25) is 11.9 Å². The van der Waals surface area contributed by atoms with Crippen molar-refractivity contribution >= 4 is 23.7 Å². The van der Waals surface area contributed by atoms with Crippen LogP contribution in [0.25, 0.3) is 0 Å². The second-order valence-electron chi connectivity index (χ2n) is 9.66. The second-order valence-corrected chi connectivity index (χ2v) is 9.66. The van der Waals surface area contributed by atoms with E-state index < -0.39 is 6.04 Å². The van der Waals surface area contributed by atoms with Crippen LogP contribution in [-0.2, 0) is 4.79 Å². The molecule has 9 nitrogen and oxygen atoms in total. The van der Waals surface area contributed by atoms with Gasteiger partial charge in [0.05, 0.1) is 12.2 Å². The standard InChI is InChI=1S/C23H36N7O2/c1-15(2)14-29-19-20(24-22(29)30-18(5)16(3)17(4)25-30)26(6)23(32)28(21(19)31)13-12-27-10-8-7-9-11-27/h15,19H,7-14H2,1-6H3/q+1. The number of carbonyl (C=O) groups excluding carboxylic acids is 2. The number of imide groups is 1. The Labute approximate surface area is 190 Å². The normalized spacial score (nSPS) is 22.3. The number of amides is 3. The number of aromatic nitrogens is 2. The zero-order chi connectivity index (χ0) is 23.2. The topological polar surface area (TPSA) is 77.0 Å². The number of aryl methyl sites for hydroxylation is 1. The molecule has 3 aliphatic heterocycles. The summed E-state index contributed by atoms with van der Waals surface area (Å²) in [5.41, 5.74) is 3.04. The number of rotatable bonds is 5. The number of likely N-dealkylation sites (N-methyl/N-ethyl adjacent to an activating group) is 1. The van der Waals surface area contributed by atoms with Gasteiger partial charge in [-0.3, -0.25) is 14.6 Å². The highest BCUT2D eigenvalue weighted by Gasteiger charge is 2.53. The summed E-state index contributed by atoms with van der Waals surface area (Å²) in [5.74, 6) is 1.25. The molecule has 174 valence electrons. The van der Waals surface area contributed by atoms with Crippen LogP contribution in [0.4, 0.5) is 4.79 Å². The predicted octanol–water partition coefficient (Wildman–Crippen LogP) is 1.84. The van der Waals surface area contributed by atoms with Gasteiger partial charge in [0.15, 0.2) is 0 Å². The molecule has 3 aliphatic rings. The Bertz CT molecular complexity index is 985. The minimum Gasteiger partial charge on any atom is -0.302 e. The number of carbonyl (C=O) groups is 2. The van der Waals surface area contributed by atoms with Crippen molar-refractivity contribution in [2.45, 2.75) is 59.9 Å². The fourth-order valence-corrected chi connectivity index (χ4v) is 4.80. The summed E-state index contributed by atoms with van der Waals surface area (Å²) in [7, 11) is 1.72. The number of likely N-dealkylation sites (tertiary alicyclic amines) is 1. The van der Waals surface area contributed by atoms with Crippen molar-refractivity contribution in [1.82, 2.24) is 24.5 Å². The zero-order valence-electron chi connectivity index (χ0n) is 20.3. The first-order valence-electron chi connectivity index (χ1n) is 11.8. The van der Waals surface area contributed by atoms with E-state index in [4.69, 9.17) is 4.99 Å². The highest BCUT2D eigenvalue weighted by molar-refractivity contribution is 6.23. The van der Waals surface area contributed by atoms with E-state index in [1.165, 1.54) is 24.2 Å². The van der Waals surface area contributed by atoms with Crippen LogP contribution in [0.1, 0.15) is 50.1 Å². The lowest BCUT2D eigenvalue weighted by Crippen LogP contribution is -2.63. The molecule has 1 aromatic rings. The van der Waals surface area contributed by atoms with E-state index in [1.54, 1.807) is 11.9 Å². The Morgan fingerprint density at radius 1 is 1.06 bits per heavy atom. The second kappa shape index (κ2) is 8.77. The van der Waals surface area contributed by atoms with E-state index >= 15 is 0 Å². The molecular formula is C23H36N7O2+. The highest BCUT2D eigenvalue weighted by Crippen LogP contribution is 2.23. The molecule has 0 saturated carbocycles. The average molecular weight is 443 g/mol. The van der Waals surface area contributed by atoms with Gasteiger partial charge in [0.25, 0.3) is 5.91 Å². The average Bonchev–Trinajstić information content (AvgIpc) is 3.25. The molecule has 1 atom stereocenters. The summed E-state index contributed by atoms with van der Waals surface area (Å²) < 4.78 is 3.85. The molecule has 0 aliphatic carbocycles. The van der Waals surface area contributed by atoms with Gasteiger partial charge in [-0.15, -0.1) is 9.78 Å². The van der Waals surface area contributed by atoms with Crippen LogP contribution in [0, 0.1) is 26.7 Å². The van der Waals surface area contributed by atoms with Crippen LogP contribution in [0.15, 0.2) is 4.99 Å². The van der Waals surface area contributed by atoms with Crippen LogP contribution >= 0.6 is 0 Å². The number of amidine groups is 1. The van der Waals surface area contributed by atoms with E-state index in [2.05, 4.69) is 23.8 Å². The molecule has 0 bridgehead atoms. The molecule has 4 heterocycles. The van der Waals surface area contributed by atoms with Gasteiger partial charge in [-0.25, -0.2) is 9.37 Å². The maximum atomic E-state index is 13.7. The number of piperidine rings is 1. The summed E-state index contributed by atoms with van der Waals surface area (Å²) in [6.07, 6.45) is 3.63. The first-order valence-corrected chi connectivity index (χ1v) is 11.8. The van der Waals surface area contributed by atoms with Gasteiger partial charge in [-0.2, -0.15) is 0 Å². The van der Waals surface area contributed by atoms with Crippen molar-refractivity contribution in [2.24, 2.45) is 10.9 Å². The van der Waals surface area contributed by atoms with E-state index in [0.717, 1.165) is 36.6 Å². The molecule has 2 saturated heterocycles. The Hall–Kier alpha value is -2.55. The molecule has 1 aromatic heterocycles. The third kappa shape index (κ3) is 3.87. The molecule has 4 rings (SSSR count). The summed E-state index contributed by atoms with van der Waals surface area (Å²) in [4.78, 5) is 36.9. The fraction of sp³-hybridized carbons (Fsp3) is 0.696. The first-order chi connectivity index (χ1) is 15.2. The Morgan fingerprint density at radius 3 is 2.34 bits per heavy atom. The highest BCUT2D eigenvalue weighted by atomic mass is 16.2. The summed E-state index contributed by atoms with van der Waals surface area (Å²) in [5, 5.41) is 4.69. The SMILES string of the molecule is Cc1nn(C2=[N+](CC(C)C)C3C(=O)N(CCN4CCCCC4)C(=O)N(C)C3=N2)c(C)c1C. The van der Waals surface area contributed by atoms with Crippen LogP contribution in [0.2, 0.25) is 0 Å². The van der Waals surface area contributed by atoms with Gasteiger partial charge >= 0.3 is 12.0 Å². The number of hydrogen-bond acceptors (Lipinski definition) is 5. The lowest BCUT2D eigenvalue weighted by Gasteiger charge is -2.36. The van der Waals surface area contributed by atoms with Crippen LogP contribution in [0.3, 0.4) is 0 Å². The van der Waals surface area contributed by atoms with Crippen molar-refractivity contribution in [3.63, 3.8) is 0 Å². The van der Waals surface area contributed by atoms with Crippen LogP contribution in [-0.4, -0.2) is 98.6 Å². The lowest BCUT2D eigenvalue weighted by molar-refractivity contribution is -0.543. The Balaban J connectivity index is 1.68. The van der Waals surface area contributed by atoms with Crippen LogP contribution in [0.5, 0.6) is 0 Å². The summed E-state index contributed by atoms with van der Waals surface area (Å²) in [6, 6.07) is -0.891. The molecule has 0 radical (unpaired) electrons. The van der Waals surface area contributed by atoms with Crippen LogP contribution < -0.4 is 0 Å². The molecular weight excluding hydrogens is 406 g/mol. The van der Waals surface area contributed by atoms with Crippen molar-refractivity contribution in [2.75, 3.05) is 39.8 Å². The van der Waals surface area contributed by atoms with E-state index in [-0.39, 0.29) is 11.9 Å². The third-order valence-electron chi connectivity index (χ3n) is 6.88. The maximum absolute atomic E-state index is 13.7. The van der Waals surface area contributed by atoms with E-state index in [1.807, 2.05) is 30.0 Å². The molecule has 32 heavy (non-hydrogen) atoms. The van der Waals surface area contributed by atoms with Crippen molar-refractivity contribution < 1.29 is 14.2 Å². The molecule has 0 spiro atoms. The monoisotopic (exact) mass is 442 g/mol. The van der Waals surface area contributed by atoms with E-state index in [0.29, 0.717) is 30.8 Å². The van der Waals surface area contributed by atoms with Crippen molar-refractivity contribution in [3.05, 3.63) is 17.0 Å². The number of urea groups is 1. The van der Waals surface area contributed by atoms with Gasteiger partial charge in [0.1, 0.15) is 5.69 Å². The quantitative estimate of drug-likeness (QED) is 0.652. The number of hydrogen-bond donors (Lipinski definition) is 0. The van der Waals surface area contributed by atoms with Crippen molar-refractivity contribution in [1.29, 1.82) is 0 Å². The largest absolute Gasteiger partial charge is 0.421 e. The van der Waals surface area contributed by atoms with Gasteiger partial charge < -0.3 is 4.90 Å². The van der Waals surface area contributed by atoms with Gasteiger partial charge in [0, 0.05) is 25.7 Å². The Morgan fingerprint density at radius 2 is 1.75 bits per heavy atom. The van der Waals surface area contributed by atoms with Gasteiger partial charge in [-0.05, 0) is 52.6 Å². The number of aliphatic imine (C=N–C) groups is 1. The minimum atomic E-state index is -0.597. The zero-order valence-corrected chi connectivity index (χ0v) is 20.3. The maximum Gasteiger partial charge on any atom is 0.421 e. The fourth-order valence-electron chi connectivity index (χ4n) is 4.80. The Kier molecular flexibility index (Phi) is 6.20. The predicted molar refractivity (Wildman–Crippen MR) is 123 cm³/mol.